The zero-order valence-electron chi connectivity index (χ0n) is 11.1. The Morgan fingerprint density at radius 1 is 1.47 bits per heavy atom. The van der Waals surface area contributed by atoms with E-state index in [1.165, 1.54) is 0 Å². The van der Waals surface area contributed by atoms with Gasteiger partial charge in [-0.2, -0.15) is 5.10 Å². The lowest BCUT2D eigenvalue weighted by atomic mass is 10.2. The number of hydrogen-bond acceptors (Lipinski definition) is 4. The third-order valence-electron chi connectivity index (χ3n) is 2.94. The molecule has 0 spiro atoms. The highest BCUT2D eigenvalue weighted by atomic mass is 16.5. The third kappa shape index (κ3) is 3.45. The molecule has 2 aromatic heterocycles. The van der Waals surface area contributed by atoms with Crippen molar-refractivity contribution in [1.82, 2.24) is 14.8 Å². The molecule has 0 unspecified atom stereocenters. The molecule has 0 atom stereocenters. The Balaban J connectivity index is 2.04. The lowest BCUT2D eigenvalue weighted by Crippen LogP contribution is -2.21. The largest absolute Gasteiger partial charge is 0.383 e. The first-order valence-electron chi connectivity index (χ1n) is 6.13. The van der Waals surface area contributed by atoms with E-state index in [0.717, 1.165) is 16.9 Å². The maximum atomic E-state index is 11.6. The van der Waals surface area contributed by atoms with Crippen LogP contribution in [0.5, 0.6) is 0 Å². The maximum absolute atomic E-state index is 11.6. The van der Waals surface area contributed by atoms with E-state index >= 15 is 0 Å². The molecule has 0 aliphatic heterocycles. The van der Waals surface area contributed by atoms with Crippen molar-refractivity contribution in [1.29, 1.82) is 0 Å². The van der Waals surface area contributed by atoms with Crippen molar-refractivity contribution in [3.63, 3.8) is 0 Å². The van der Waals surface area contributed by atoms with Crippen molar-refractivity contribution in [3.05, 3.63) is 46.1 Å². The Bertz CT molecular complexity index is 588. The van der Waals surface area contributed by atoms with Crippen LogP contribution in [0.4, 0.5) is 5.69 Å². The number of aryl methyl sites for hydroxylation is 1. The molecule has 0 fully saturated rings. The highest BCUT2D eigenvalue weighted by molar-refractivity contribution is 5.41. The summed E-state index contributed by atoms with van der Waals surface area (Å²) in [6, 6.07) is 3.33. The minimum absolute atomic E-state index is 0.0258. The summed E-state index contributed by atoms with van der Waals surface area (Å²) >= 11 is 0. The molecule has 6 heteroatoms. The van der Waals surface area contributed by atoms with Crippen LogP contribution < -0.4 is 10.9 Å². The molecule has 0 saturated carbocycles. The summed E-state index contributed by atoms with van der Waals surface area (Å²) in [5, 5.41) is 10.1. The van der Waals surface area contributed by atoms with Crippen LogP contribution in [-0.2, 0) is 17.8 Å². The third-order valence-corrected chi connectivity index (χ3v) is 2.94. The fourth-order valence-corrected chi connectivity index (χ4v) is 1.75. The average Bonchev–Trinajstić information content (AvgIpc) is 2.82. The van der Waals surface area contributed by atoms with Gasteiger partial charge in [0.2, 0.25) is 0 Å². The van der Waals surface area contributed by atoms with Gasteiger partial charge in [-0.3, -0.25) is 9.89 Å². The first-order valence-corrected chi connectivity index (χ1v) is 6.13. The smallest absolute Gasteiger partial charge is 0.250 e. The summed E-state index contributed by atoms with van der Waals surface area (Å²) in [4.78, 5) is 11.6. The molecular weight excluding hydrogens is 244 g/mol. The first kappa shape index (κ1) is 13.4. The molecule has 0 aromatic carbocycles. The van der Waals surface area contributed by atoms with Crippen molar-refractivity contribution >= 4 is 5.69 Å². The van der Waals surface area contributed by atoms with Gasteiger partial charge in [0.25, 0.3) is 5.56 Å². The zero-order valence-corrected chi connectivity index (χ0v) is 11.1. The number of aromatic nitrogens is 3. The van der Waals surface area contributed by atoms with Gasteiger partial charge in [-0.1, -0.05) is 0 Å². The number of methoxy groups -OCH3 is 1. The summed E-state index contributed by atoms with van der Waals surface area (Å²) in [5.74, 6) is 0. The lowest BCUT2D eigenvalue weighted by molar-refractivity contribution is 0.186. The second kappa shape index (κ2) is 6.19. The van der Waals surface area contributed by atoms with Gasteiger partial charge >= 0.3 is 0 Å². The number of anilines is 1. The molecule has 2 rings (SSSR count). The van der Waals surface area contributed by atoms with E-state index < -0.39 is 0 Å². The van der Waals surface area contributed by atoms with Gasteiger partial charge in [-0.25, -0.2) is 0 Å². The maximum Gasteiger partial charge on any atom is 0.250 e. The standard InChI is InChI=1S/C13H18N4O2/c1-10-11(8-15-16-10)7-14-12-3-4-13(18)17(9-12)5-6-19-2/h3-4,8-9,14H,5-7H2,1-2H3,(H,15,16). The van der Waals surface area contributed by atoms with Gasteiger partial charge in [-0.05, 0) is 13.0 Å². The monoisotopic (exact) mass is 262 g/mol. The van der Waals surface area contributed by atoms with Gasteiger partial charge < -0.3 is 14.6 Å². The summed E-state index contributed by atoms with van der Waals surface area (Å²) < 4.78 is 6.62. The Labute approximate surface area is 111 Å². The van der Waals surface area contributed by atoms with Gasteiger partial charge in [0, 0.05) is 43.7 Å². The average molecular weight is 262 g/mol. The van der Waals surface area contributed by atoms with Gasteiger partial charge in [0.15, 0.2) is 0 Å². The summed E-state index contributed by atoms with van der Waals surface area (Å²) in [5.41, 5.74) is 3.02. The Morgan fingerprint density at radius 3 is 3.00 bits per heavy atom. The van der Waals surface area contributed by atoms with Crippen LogP contribution in [-0.4, -0.2) is 28.5 Å². The molecule has 2 aromatic rings. The second-order valence-electron chi connectivity index (χ2n) is 4.32. The lowest BCUT2D eigenvalue weighted by Gasteiger charge is -2.09. The molecule has 0 amide bonds. The number of rotatable bonds is 6. The summed E-state index contributed by atoms with van der Waals surface area (Å²) in [6.45, 7) is 3.72. The van der Waals surface area contributed by atoms with E-state index in [4.69, 9.17) is 4.74 Å². The Hall–Kier alpha value is -2.08. The molecule has 0 aliphatic carbocycles. The van der Waals surface area contributed by atoms with Crippen molar-refractivity contribution in [3.8, 4) is 0 Å². The van der Waals surface area contributed by atoms with E-state index in [1.54, 1.807) is 36.2 Å². The second-order valence-corrected chi connectivity index (χ2v) is 4.32. The van der Waals surface area contributed by atoms with Crippen LogP contribution in [0.25, 0.3) is 0 Å². The number of hydrogen-bond donors (Lipinski definition) is 2. The van der Waals surface area contributed by atoms with Crippen LogP contribution in [0.1, 0.15) is 11.3 Å². The number of H-pyrrole nitrogens is 1. The fraction of sp³-hybridized carbons (Fsp3) is 0.385. The minimum atomic E-state index is -0.0258. The number of ether oxygens (including phenoxy) is 1. The molecule has 0 aliphatic rings. The van der Waals surface area contributed by atoms with E-state index in [2.05, 4.69) is 15.5 Å². The predicted octanol–water partition coefficient (Wildman–Crippen LogP) is 1.14. The number of aromatic amines is 1. The van der Waals surface area contributed by atoms with E-state index in [1.807, 2.05) is 6.92 Å². The molecule has 6 nitrogen and oxygen atoms in total. The number of pyridine rings is 1. The van der Waals surface area contributed by atoms with Crippen molar-refractivity contribution in [2.24, 2.45) is 0 Å². The van der Waals surface area contributed by atoms with Gasteiger partial charge in [0.05, 0.1) is 18.5 Å². The molecule has 0 radical (unpaired) electrons. The van der Waals surface area contributed by atoms with Crippen LogP contribution in [0, 0.1) is 6.92 Å². The van der Waals surface area contributed by atoms with Crippen molar-refractivity contribution in [2.75, 3.05) is 19.0 Å². The molecule has 2 heterocycles. The van der Waals surface area contributed by atoms with Crippen molar-refractivity contribution < 1.29 is 4.74 Å². The van der Waals surface area contributed by atoms with E-state index in [0.29, 0.717) is 19.7 Å². The molecular formula is C13H18N4O2. The van der Waals surface area contributed by atoms with Crippen molar-refractivity contribution in [2.45, 2.75) is 20.0 Å². The summed E-state index contributed by atoms with van der Waals surface area (Å²) in [7, 11) is 1.62. The van der Waals surface area contributed by atoms with Crippen LogP contribution in [0.2, 0.25) is 0 Å². The fourth-order valence-electron chi connectivity index (χ4n) is 1.75. The Kier molecular flexibility index (Phi) is 4.35. The zero-order chi connectivity index (χ0) is 13.7. The van der Waals surface area contributed by atoms with Crippen LogP contribution in [0.15, 0.2) is 29.3 Å². The topological polar surface area (TPSA) is 71.9 Å². The normalized spacial score (nSPS) is 10.6. The molecule has 0 bridgehead atoms. The van der Waals surface area contributed by atoms with Crippen LogP contribution >= 0.6 is 0 Å². The SMILES string of the molecule is COCCn1cc(NCc2cn[nH]c2C)ccc1=O. The highest BCUT2D eigenvalue weighted by Gasteiger charge is 2.02. The molecule has 2 N–H and O–H groups in total. The predicted molar refractivity (Wildman–Crippen MR) is 73.2 cm³/mol. The quantitative estimate of drug-likeness (QED) is 0.819. The molecule has 0 saturated heterocycles. The van der Waals surface area contributed by atoms with Gasteiger partial charge in [0.1, 0.15) is 0 Å². The molecule has 102 valence electrons. The van der Waals surface area contributed by atoms with E-state index in [9.17, 15) is 4.79 Å². The minimum Gasteiger partial charge on any atom is -0.383 e. The van der Waals surface area contributed by atoms with Crippen LogP contribution in [0.3, 0.4) is 0 Å². The number of nitrogens with zero attached hydrogens (tertiary/aromatic N) is 2. The summed E-state index contributed by atoms with van der Waals surface area (Å²) in [6.07, 6.45) is 3.60. The van der Waals surface area contributed by atoms with E-state index in [-0.39, 0.29) is 5.56 Å². The van der Waals surface area contributed by atoms with Gasteiger partial charge in [-0.15, -0.1) is 0 Å². The highest BCUT2D eigenvalue weighted by Crippen LogP contribution is 2.08. The molecule has 19 heavy (non-hydrogen) atoms. The Morgan fingerprint density at radius 2 is 2.32 bits per heavy atom. The first-order chi connectivity index (χ1) is 9.20. The number of nitrogens with one attached hydrogen (secondary N) is 2.